The molecule has 1 heterocycles. The van der Waals surface area contributed by atoms with Crippen molar-refractivity contribution in [2.45, 2.75) is 26.9 Å². The van der Waals surface area contributed by atoms with Crippen molar-refractivity contribution in [2.75, 3.05) is 13.2 Å². The van der Waals surface area contributed by atoms with Crippen LogP contribution >= 0.6 is 0 Å². The summed E-state index contributed by atoms with van der Waals surface area (Å²) in [7, 11) is 0. The van der Waals surface area contributed by atoms with Crippen LogP contribution in [0.3, 0.4) is 0 Å². The van der Waals surface area contributed by atoms with Gasteiger partial charge in [0.2, 0.25) is 0 Å². The van der Waals surface area contributed by atoms with Crippen molar-refractivity contribution in [1.82, 2.24) is 0 Å². The molecule has 2 heteroatoms. The van der Waals surface area contributed by atoms with Crippen LogP contribution in [-0.2, 0) is 4.74 Å². The number of hydrogen-bond acceptors (Lipinski definition) is 2. The molecular weight excluding hydrogens is 128 g/mol. The molecule has 2 nitrogen and oxygen atoms in total. The third-order valence-corrected chi connectivity index (χ3v) is 2.23. The predicted octanol–water partition coefficient (Wildman–Crippen LogP) is 1.04. The summed E-state index contributed by atoms with van der Waals surface area (Å²) in [5, 5.41) is 8.79. The van der Waals surface area contributed by atoms with Crippen LogP contribution in [0.15, 0.2) is 0 Å². The Kier molecular flexibility index (Phi) is 2.02. The Hall–Kier alpha value is -0.0800. The van der Waals surface area contributed by atoms with E-state index in [1.807, 2.05) is 0 Å². The molecule has 1 fully saturated rings. The Morgan fingerprint density at radius 2 is 2.10 bits per heavy atom. The van der Waals surface area contributed by atoms with E-state index in [0.29, 0.717) is 5.92 Å². The number of ether oxygens (including phenoxy) is 1. The molecule has 0 unspecified atom stereocenters. The zero-order chi connectivity index (χ0) is 7.78. The fraction of sp³-hybridized carbons (Fsp3) is 1.00. The zero-order valence-electron chi connectivity index (χ0n) is 6.92. The maximum Gasteiger partial charge on any atom is 0.0860 e. The maximum atomic E-state index is 8.79. The molecule has 1 rings (SSSR count). The summed E-state index contributed by atoms with van der Waals surface area (Å²) in [6.45, 7) is 7.53. The maximum absolute atomic E-state index is 8.79. The highest BCUT2D eigenvalue weighted by Crippen LogP contribution is 2.36. The van der Waals surface area contributed by atoms with E-state index in [-0.39, 0.29) is 18.1 Å². The minimum absolute atomic E-state index is 0.0972. The molecule has 0 aliphatic carbocycles. The first kappa shape index (κ1) is 8.02. The van der Waals surface area contributed by atoms with Crippen LogP contribution in [0.25, 0.3) is 0 Å². The molecule has 1 saturated heterocycles. The van der Waals surface area contributed by atoms with Gasteiger partial charge < -0.3 is 9.84 Å². The van der Waals surface area contributed by atoms with Gasteiger partial charge in [0.25, 0.3) is 0 Å². The average Bonchev–Trinajstić information content (AvgIpc) is 1.57. The smallest absolute Gasteiger partial charge is 0.0860 e. The van der Waals surface area contributed by atoms with Crippen molar-refractivity contribution in [3.05, 3.63) is 0 Å². The molecule has 0 aromatic heterocycles. The molecule has 0 aromatic carbocycles. The summed E-state index contributed by atoms with van der Waals surface area (Å²) in [6, 6.07) is 0. The molecular formula is C8H16O2. The molecule has 60 valence electrons. The van der Waals surface area contributed by atoms with Gasteiger partial charge in [-0.25, -0.2) is 0 Å². The van der Waals surface area contributed by atoms with Gasteiger partial charge in [0.15, 0.2) is 0 Å². The highest BCUT2D eigenvalue weighted by Gasteiger charge is 2.39. The Morgan fingerprint density at radius 3 is 2.20 bits per heavy atom. The summed E-state index contributed by atoms with van der Waals surface area (Å²) < 4.78 is 5.17. The van der Waals surface area contributed by atoms with Gasteiger partial charge in [-0.15, -0.1) is 0 Å². The van der Waals surface area contributed by atoms with Crippen LogP contribution in [0.5, 0.6) is 0 Å². The summed E-state index contributed by atoms with van der Waals surface area (Å²) in [5.41, 5.74) is 0.283. The highest BCUT2D eigenvalue weighted by molar-refractivity contribution is 4.86. The van der Waals surface area contributed by atoms with E-state index in [1.54, 1.807) is 0 Å². The normalized spacial score (nSPS) is 33.6. The largest absolute Gasteiger partial charge is 0.394 e. The third kappa shape index (κ3) is 1.32. The monoisotopic (exact) mass is 144 g/mol. The molecule has 0 bridgehead atoms. The molecule has 1 aliphatic rings. The minimum Gasteiger partial charge on any atom is -0.394 e. The summed E-state index contributed by atoms with van der Waals surface area (Å²) in [5.74, 6) is 0.539. The van der Waals surface area contributed by atoms with Gasteiger partial charge >= 0.3 is 0 Å². The summed E-state index contributed by atoms with van der Waals surface area (Å²) in [6.07, 6.45) is 0.0972. The Morgan fingerprint density at radius 1 is 1.50 bits per heavy atom. The van der Waals surface area contributed by atoms with Gasteiger partial charge in [0, 0.05) is 5.92 Å². The lowest BCUT2D eigenvalue weighted by Crippen LogP contribution is -2.49. The molecule has 2 atom stereocenters. The number of rotatable bonds is 1. The van der Waals surface area contributed by atoms with Crippen LogP contribution in [0.4, 0.5) is 0 Å². The van der Waals surface area contributed by atoms with E-state index in [2.05, 4.69) is 20.8 Å². The van der Waals surface area contributed by atoms with Crippen molar-refractivity contribution in [3.8, 4) is 0 Å². The van der Waals surface area contributed by atoms with Crippen molar-refractivity contribution >= 4 is 0 Å². The minimum atomic E-state index is 0.0972. The number of hydrogen-bond donors (Lipinski definition) is 1. The first-order valence-electron chi connectivity index (χ1n) is 3.78. The predicted molar refractivity (Wildman–Crippen MR) is 39.8 cm³/mol. The van der Waals surface area contributed by atoms with E-state index in [1.165, 1.54) is 0 Å². The van der Waals surface area contributed by atoms with Crippen LogP contribution in [0.1, 0.15) is 20.8 Å². The highest BCUT2D eigenvalue weighted by atomic mass is 16.5. The van der Waals surface area contributed by atoms with Gasteiger partial charge in [0.05, 0.1) is 19.3 Å². The molecule has 0 saturated carbocycles. The molecule has 1 aliphatic heterocycles. The molecule has 1 N–H and O–H groups in total. The van der Waals surface area contributed by atoms with Crippen LogP contribution in [0, 0.1) is 11.3 Å². The van der Waals surface area contributed by atoms with Gasteiger partial charge in [-0.2, -0.15) is 0 Å². The molecule has 0 aromatic rings. The van der Waals surface area contributed by atoms with Crippen molar-refractivity contribution in [2.24, 2.45) is 11.3 Å². The first-order chi connectivity index (χ1) is 4.55. The van der Waals surface area contributed by atoms with Crippen LogP contribution in [0.2, 0.25) is 0 Å². The van der Waals surface area contributed by atoms with E-state index in [0.717, 1.165) is 6.61 Å². The first-order valence-corrected chi connectivity index (χ1v) is 3.78. The Labute approximate surface area is 62.2 Å². The molecule has 0 radical (unpaired) electrons. The van der Waals surface area contributed by atoms with Crippen molar-refractivity contribution in [1.29, 1.82) is 0 Å². The van der Waals surface area contributed by atoms with E-state index < -0.39 is 0 Å². The van der Waals surface area contributed by atoms with Crippen molar-refractivity contribution < 1.29 is 9.84 Å². The van der Waals surface area contributed by atoms with Crippen LogP contribution in [-0.4, -0.2) is 24.4 Å². The number of aliphatic hydroxyl groups excluding tert-OH is 1. The molecule has 0 spiro atoms. The van der Waals surface area contributed by atoms with Gasteiger partial charge in [0.1, 0.15) is 0 Å². The lowest BCUT2D eigenvalue weighted by Gasteiger charge is -2.44. The SMILES string of the molecule is CC(C)(C)[C@H]1CO[C@@H]1CO. The van der Waals surface area contributed by atoms with Gasteiger partial charge in [-0.05, 0) is 5.41 Å². The van der Waals surface area contributed by atoms with E-state index in [4.69, 9.17) is 9.84 Å². The number of aliphatic hydroxyl groups is 1. The second-order valence-electron chi connectivity index (χ2n) is 4.03. The lowest BCUT2D eigenvalue weighted by molar-refractivity contribution is -0.171. The van der Waals surface area contributed by atoms with Gasteiger partial charge in [-0.1, -0.05) is 20.8 Å². The van der Waals surface area contributed by atoms with Crippen LogP contribution < -0.4 is 0 Å². The van der Waals surface area contributed by atoms with E-state index in [9.17, 15) is 0 Å². The summed E-state index contributed by atoms with van der Waals surface area (Å²) in [4.78, 5) is 0. The lowest BCUT2D eigenvalue weighted by atomic mass is 9.75. The fourth-order valence-corrected chi connectivity index (χ4v) is 1.32. The second kappa shape index (κ2) is 2.51. The Balaban J connectivity index is 2.43. The standard InChI is InChI=1S/C8H16O2/c1-8(2,3)6-5-10-7(6)4-9/h6-7,9H,4-5H2,1-3H3/t6-,7+/m0/s1. The molecule has 10 heavy (non-hydrogen) atoms. The average molecular weight is 144 g/mol. The van der Waals surface area contributed by atoms with Gasteiger partial charge in [-0.3, -0.25) is 0 Å². The topological polar surface area (TPSA) is 29.5 Å². The zero-order valence-corrected chi connectivity index (χ0v) is 6.92. The molecule has 0 amide bonds. The summed E-state index contributed by atoms with van der Waals surface area (Å²) >= 11 is 0. The quantitative estimate of drug-likeness (QED) is 0.596. The second-order valence-corrected chi connectivity index (χ2v) is 4.03. The fourth-order valence-electron chi connectivity index (χ4n) is 1.32. The Bertz CT molecular complexity index is 113. The van der Waals surface area contributed by atoms with Crippen molar-refractivity contribution in [3.63, 3.8) is 0 Å². The van der Waals surface area contributed by atoms with E-state index >= 15 is 0 Å². The third-order valence-electron chi connectivity index (χ3n) is 2.23.